The zero-order chi connectivity index (χ0) is 18.4. The fourth-order valence-corrected chi connectivity index (χ4v) is 2.46. The summed E-state index contributed by atoms with van der Waals surface area (Å²) in [6.45, 7) is 3.47. The minimum atomic E-state index is -0.567. The highest BCUT2D eigenvalue weighted by Gasteiger charge is 2.32. The van der Waals surface area contributed by atoms with Crippen molar-refractivity contribution in [2.45, 2.75) is 26.3 Å². The molecule has 1 aromatic carbocycles. The Hall–Kier alpha value is -3.10. The van der Waals surface area contributed by atoms with Crippen LogP contribution in [0.2, 0.25) is 0 Å². The molecule has 1 aliphatic rings. The first-order chi connectivity index (χ1) is 12.0. The Morgan fingerprint density at radius 2 is 2.04 bits per heavy atom. The minimum Gasteiger partial charge on any atom is -0.480 e. The Labute approximate surface area is 144 Å². The lowest BCUT2D eigenvalue weighted by atomic mass is 10.0. The lowest BCUT2D eigenvalue weighted by molar-refractivity contribution is -0.385. The van der Waals surface area contributed by atoms with Crippen molar-refractivity contribution in [2.24, 2.45) is 0 Å². The van der Waals surface area contributed by atoms with E-state index in [1.807, 2.05) is 6.92 Å². The monoisotopic (exact) mass is 349 g/mol. The maximum Gasteiger partial charge on any atom is 0.338 e. The molecule has 0 unspecified atom stereocenters. The molecule has 0 saturated carbocycles. The molecule has 2 amide bonds. The van der Waals surface area contributed by atoms with Crippen LogP contribution in [0.3, 0.4) is 0 Å². The number of nitrogens with one attached hydrogen (secondary N) is 2. The van der Waals surface area contributed by atoms with Crippen molar-refractivity contribution in [2.75, 3.05) is 13.2 Å². The van der Waals surface area contributed by atoms with E-state index < -0.39 is 23.0 Å². The van der Waals surface area contributed by atoms with E-state index in [1.165, 1.54) is 18.2 Å². The Morgan fingerprint density at radius 3 is 2.68 bits per heavy atom. The summed E-state index contributed by atoms with van der Waals surface area (Å²) in [6.07, 6.45) is 0.483. The van der Waals surface area contributed by atoms with Crippen molar-refractivity contribution in [1.29, 1.82) is 0 Å². The topological polar surface area (TPSA) is 120 Å². The third-order valence-corrected chi connectivity index (χ3v) is 3.58. The van der Waals surface area contributed by atoms with E-state index in [4.69, 9.17) is 9.47 Å². The van der Waals surface area contributed by atoms with Gasteiger partial charge in [0.05, 0.1) is 28.8 Å². The van der Waals surface area contributed by atoms with E-state index in [0.717, 1.165) is 0 Å². The summed E-state index contributed by atoms with van der Waals surface area (Å²) in [5.41, 5.74) is 0.280. The Kier molecular flexibility index (Phi) is 5.93. The second kappa shape index (κ2) is 8.13. The number of hydrogen-bond donors (Lipinski definition) is 2. The predicted octanol–water partition coefficient (Wildman–Crippen LogP) is 1.88. The van der Waals surface area contributed by atoms with Crippen molar-refractivity contribution in [3.8, 4) is 5.75 Å². The molecule has 1 aliphatic heterocycles. The number of amides is 2. The van der Waals surface area contributed by atoms with Crippen LogP contribution < -0.4 is 15.4 Å². The van der Waals surface area contributed by atoms with Gasteiger partial charge in [-0.3, -0.25) is 10.1 Å². The Balaban J connectivity index is 2.30. The molecule has 9 nitrogen and oxygen atoms in total. The summed E-state index contributed by atoms with van der Waals surface area (Å²) in [6, 6.07) is 4.89. The quantitative estimate of drug-likeness (QED) is 0.440. The SMILES string of the molecule is CCOC(=O)C1=C(COc2ccccc2[N+](=O)[O-])NC(=O)N[C@@H]1CC. The van der Waals surface area contributed by atoms with E-state index in [1.54, 1.807) is 13.0 Å². The Bertz CT molecular complexity index is 716. The van der Waals surface area contributed by atoms with Crippen LogP contribution in [-0.4, -0.2) is 36.2 Å². The highest BCUT2D eigenvalue weighted by Crippen LogP contribution is 2.27. The number of urea groups is 1. The van der Waals surface area contributed by atoms with E-state index in [9.17, 15) is 19.7 Å². The van der Waals surface area contributed by atoms with Gasteiger partial charge in [0.25, 0.3) is 0 Å². The summed E-state index contributed by atoms with van der Waals surface area (Å²) in [5, 5.41) is 16.2. The van der Waals surface area contributed by atoms with Gasteiger partial charge in [-0.15, -0.1) is 0 Å². The van der Waals surface area contributed by atoms with E-state index in [-0.39, 0.29) is 35.9 Å². The molecule has 9 heteroatoms. The van der Waals surface area contributed by atoms with Gasteiger partial charge in [-0.05, 0) is 19.4 Å². The number of ether oxygens (including phenoxy) is 2. The molecule has 0 aromatic heterocycles. The molecule has 1 aromatic rings. The number of nitrogens with zero attached hydrogens (tertiary/aromatic N) is 1. The van der Waals surface area contributed by atoms with Crippen molar-refractivity contribution < 1.29 is 24.0 Å². The standard InChI is InChI=1S/C16H19N3O6/c1-3-10-14(15(20)24-4-2)11(18-16(21)17-10)9-25-13-8-6-5-7-12(13)19(22)23/h5-8,10H,3-4,9H2,1-2H3,(H2,17,18,21)/t10-/m1/s1. The van der Waals surface area contributed by atoms with Crippen LogP contribution in [0, 0.1) is 10.1 Å². The van der Waals surface area contributed by atoms with Crippen LogP contribution in [0.5, 0.6) is 5.75 Å². The summed E-state index contributed by atoms with van der Waals surface area (Å²) < 4.78 is 10.5. The van der Waals surface area contributed by atoms with Gasteiger partial charge < -0.3 is 20.1 Å². The fourth-order valence-electron chi connectivity index (χ4n) is 2.46. The summed E-state index contributed by atoms with van der Waals surface area (Å²) >= 11 is 0. The number of esters is 1. The maximum absolute atomic E-state index is 12.2. The van der Waals surface area contributed by atoms with Crippen LogP contribution in [0.15, 0.2) is 35.5 Å². The number of para-hydroxylation sites is 2. The first-order valence-corrected chi connectivity index (χ1v) is 7.81. The van der Waals surface area contributed by atoms with Gasteiger partial charge in [0, 0.05) is 6.07 Å². The van der Waals surface area contributed by atoms with Gasteiger partial charge >= 0.3 is 17.7 Å². The van der Waals surface area contributed by atoms with Crippen molar-refractivity contribution in [3.63, 3.8) is 0 Å². The fraction of sp³-hybridized carbons (Fsp3) is 0.375. The van der Waals surface area contributed by atoms with Gasteiger partial charge in [-0.1, -0.05) is 19.1 Å². The molecular formula is C16H19N3O6. The highest BCUT2D eigenvalue weighted by molar-refractivity contribution is 5.94. The molecule has 25 heavy (non-hydrogen) atoms. The molecule has 0 bridgehead atoms. The minimum absolute atomic E-state index is 0.0454. The normalized spacial score (nSPS) is 16.7. The van der Waals surface area contributed by atoms with Crippen LogP contribution in [-0.2, 0) is 9.53 Å². The number of rotatable bonds is 7. The van der Waals surface area contributed by atoms with Crippen molar-refractivity contribution in [1.82, 2.24) is 10.6 Å². The highest BCUT2D eigenvalue weighted by atomic mass is 16.6. The molecule has 0 aliphatic carbocycles. The zero-order valence-corrected chi connectivity index (χ0v) is 13.9. The van der Waals surface area contributed by atoms with Gasteiger partial charge in [0.15, 0.2) is 5.75 Å². The largest absolute Gasteiger partial charge is 0.480 e. The van der Waals surface area contributed by atoms with E-state index in [0.29, 0.717) is 6.42 Å². The molecule has 0 saturated heterocycles. The third kappa shape index (κ3) is 4.25. The predicted molar refractivity (Wildman–Crippen MR) is 88.0 cm³/mol. The van der Waals surface area contributed by atoms with Crippen LogP contribution in [0.25, 0.3) is 0 Å². The molecule has 0 radical (unpaired) electrons. The van der Waals surface area contributed by atoms with Gasteiger partial charge in [0.1, 0.15) is 6.61 Å². The maximum atomic E-state index is 12.2. The van der Waals surface area contributed by atoms with Crippen LogP contribution in [0.4, 0.5) is 10.5 Å². The van der Waals surface area contributed by atoms with Gasteiger partial charge in [0.2, 0.25) is 0 Å². The number of hydrogen-bond acceptors (Lipinski definition) is 6. The summed E-state index contributed by atoms with van der Waals surface area (Å²) in [5.74, 6) is -0.521. The molecule has 0 fully saturated rings. The van der Waals surface area contributed by atoms with Crippen LogP contribution >= 0.6 is 0 Å². The average Bonchev–Trinajstić information content (AvgIpc) is 2.59. The first kappa shape index (κ1) is 18.2. The summed E-state index contributed by atoms with van der Waals surface area (Å²) in [4.78, 5) is 34.5. The molecule has 1 heterocycles. The number of benzene rings is 1. The second-order valence-electron chi connectivity index (χ2n) is 5.19. The zero-order valence-electron chi connectivity index (χ0n) is 13.9. The second-order valence-corrected chi connectivity index (χ2v) is 5.19. The van der Waals surface area contributed by atoms with Gasteiger partial charge in [-0.25, -0.2) is 9.59 Å². The number of nitro benzene ring substituents is 1. The molecule has 134 valence electrons. The number of carbonyl (C=O) groups excluding carboxylic acids is 2. The van der Waals surface area contributed by atoms with Gasteiger partial charge in [-0.2, -0.15) is 0 Å². The average molecular weight is 349 g/mol. The first-order valence-electron chi connectivity index (χ1n) is 7.81. The smallest absolute Gasteiger partial charge is 0.338 e. The molecule has 0 spiro atoms. The third-order valence-electron chi connectivity index (χ3n) is 3.58. The number of carbonyl (C=O) groups is 2. The lowest BCUT2D eigenvalue weighted by Gasteiger charge is -2.28. The molecule has 1 atom stereocenters. The molecular weight excluding hydrogens is 330 g/mol. The molecule has 2 N–H and O–H groups in total. The molecule has 2 rings (SSSR count). The lowest BCUT2D eigenvalue weighted by Crippen LogP contribution is -2.51. The van der Waals surface area contributed by atoms with Crippen molar-refractivity contribution in [3.05, 3.63) is 45.6 Å². The van der Waals surface area contributed by atoms with E-state index >= 15 is 0 Å². The number of nitro groups is 1. The van der Waals surface area contributed by atoms with Crippen LogP contribution in [0.1, 0.15) is 20.3 Å². The Morgan fingerprint density at radius 1 is 1.32 bits per heavy atom. The summed E-state index contributed by atoms with van der Waals surface area (Å²) in [7, 11) is 0. The van der Waals surface area contributed by atoms with E-state index in [2.05, 4.69) is 10.6 Å². The van der Waals surface area contributed by atoms with Crippen molar-refractivity contribution >= 4 is 17.7 Å².